The van der Waals surface area contributed by atoms with Gasteiger partial charge in [-0.3, -0.25) is 29.3 Å². The SMILES string of the molecule is CCCS(=O)(=O)Nc1cccc(-c2nc(C3CCN(C(=O)C4CCC(CN5CCc6cc([C@@H]7CCC(=O)NC7=O)ccc6C5)CC4)CC3)sc2-c2ccnc(N)n2)c1F. The number of halogens is 1. The number of piperidine rings is 2. The predicted octanol–water partition coefficient (Wildman–Crippen LogP) is 6.23. The van der Waals surface area contributed by atoms with E-state index in [1.165, 1.54) is 28.5 Å². The van der Waals surface area contributed by atoms with E-state index in [0.29, 0.717) is 54.5 Å². The first-order valence-electron chi connectivity index (χ1n) is 20.8. The third-order valence-electron chi connectivity index (χ3n) is 12.4. The Morgan fingerprint density at radius 2 is 1.78 bits per heavy atom. The number of nitrogens with zero attached hydrogens (tertiary/aromatic N) is 5. The fourth-order valence-electron chi connectivity index (χ4n) is 9.23. The van der Waals surface area contributed by atoms with Crippen molar-refractivity contribution in [1.29, 1.82) is 0 Å². The Hall–Kier alpha value is -4.80. The van der Waals surface area contributed by atoms with Crippen molar-refractivity contribution in [1.82, 2.24) is 30.1 Å². The van der Waals surface area contributed by atoms with E-state index >= 15 is 4.39 Å². The van der Waals surface area contributed by atoms with Crippen LogP contribution in [0.1, 0.15) is 98.2 Å². The summed E-state index contributed by atoms with van der Waals surface area (Å²) in [6, 6.07) is 12.7. The van der Waals surface area contributed by atoms with E-state index in [2.05, 4.69) is 43.1 Å². The first-order valence-corrected chi connectivity index (χ1v) is 23.3. The fourth-order valence-corrected chi connectivity index (χ4v) is 11.6. The third-order valence-corrected chi connectivity index (χ3v) is 15.1. The maximum absolute atomic E-state index is 16.1. The Morgan fingerprint density at radius 3 is 2.53 bits per heavy atom. The minimum Gasteiger partial charge on any atom is -0.368 e. The van der Waals surface area contributed by atoms with Crippen molar-refractivity contribution < 1.29 is 27.2 Å². The summed E-state index contributed by atoms with van der Waals surface area (Å²) in [5, 5.41) is 3.29. The summed E-state index contributed by atoms with van der Waals surface area (Å²) in [5.41, 5.74) is 10.4. The number of likely N-dealkylation sites (tertiary alicyclic amines) is 1. The highest BCUT2D eigenvalue weighted by atomic mass is 32.2. The molecule has 59 heavy (non-hydrogen) atoms. The van der Waals surface area contributed by atoms with Crippen molar-refractivity contribution in [2.75, 3.05) is 42.4 Å². The highest BCUT2D eigenvalue weighted by Gasteiger charge is 2.35. The van der Waals surface area contributed by atoms with Gasteiger partial charge in [-0.15, -0.1) is 11.3 Å². The lowest BCUT2D eigenvalue weighted by atomic mass is 9.80. The highest BCUT2D eigenvalue weighted by molar-refractivity contribution is 7.92. The van der Waals surface area contributed by atoms with E-state index in [-0.39, 0.29) is 58.4 Å². The Balaban J connectivity index is 0.867. The zero-order valence-corrected chi connectivity index (χ0v) is 34.9. The number of carbonyl (C=O) groups is 3. The fraction of sp³-hybridized carbons (Fsp3) is 0.488. The van der Waals surface area contributed by atoms with E-state index in [0.717, 1.165) is 75.2 Å². The summed E-state index contributed by atoms with van der Waals surface area (Å²) in [5.74, 6) is -0.542. The van der Waals surface area contributed by atoms with Crippen molar-refractivity contribution in [3.63, 3.8) is 0 Å². The maximum Gasteiger partial charge on any atom is 0.234 e. The molecular formula is C43H51FN8O5S2. The van der Waals surface area contributed by atoms with Crippen LogP contribution in [0.3, 0.4) is 0 Å². The van der Waals surface area contributed by atoms with Crippen LogP contribution >= 0.6 is 11.3 Å². The number of nitrogen functional groups attached to an aromatic ring is 1. The van der Waals surface area contributed by atoms with E-state index in [4.69, 9.17) is 10.7 Å². The van der Waals surface area contributed by atoms with Crippen molar-refractivity contribution in [3.8, 4) is 21.8 Å². The summed E-state index contributed by atoms with van der Waals surface area (Å²) in [6.45, 7) is 5.86. The van der Waals surface area contributed by atoms with Crippen LogP contribution in [0, 0.1) is 17.7 Å². The Morgan fingerprint density at radius 1 is 0.983 bits per heavy atom. The second-order valence-corrected chi connectivity index (χ2v) is 19.3. The minimum absolute atomic E-state index is 0.0295. The van der Waals surface area contributed by atoms with Crippen LogP contribution in [0.2, 0.25) is 0 Å². The first-order chi connectivity index (χ1) is 28.4. The molecule has 8 rings (SSSR count). The number of rotatable bonds is 11. The van der Waals surface area contributed by atoms with Gasteiger partial charge < -0.3 is 10.6 Å². The smallest absolute Gasteiger partial charge is 0.234 e. The summed E-state index contributed by atoms with van der Waals surface area (Å²) < 4.78 is 43.5. The minimum atomic E-state index is -3.73. The molecule has 2 saturated heterocycles. The number of aromatic nitrogens is 3. The summed E-state index contributed by atoms with van der Waals surface area (Å²) in [4.78, 5) is 56.4. The number of imide groups is 1. The molecule has 5 heterocycles. The standard InChI is InChI=1S/C43H51FN8O5S2/c1-2-22-59(56,57)50-34-5-3-4-33(37(34)44)38-39(35-14-18-46-43(45)47-35)58-41(49-38)27-16-20-52(21-17-27)42(55)28-8-6-26(7-9-28)24-51-19-15-29-23-30(10-11-31(29)25-51)32-12-13-36(53)48-40(32)54/h3-5,10-11,14,18,23,26-28,32,50H,2,6-9,12-13,15-17,19-22,24-25H2,1H3,(H2,45,46,47)(H,48,53,54)/t26?,28?,32-/m0/s1. The molecule has 4 N–H and O–H groups in total. The molecule has 0 spiro atoms. The van der Waals surface area contributed by atoms with Crippen LogP contribution in [0.5, 0.6) is 0 Å². The quantitative estimate of drug-likeness (QED) is 0.147. The summed E-state index contributed by atoms with van der Waals surface area (Å²) in [6.07, 6.45) is 9.11. The van der Waals surface area contributed by atoms with Gasteiger partial charge in [-0.25, -0.2) is 27.8 Å². The van der Waals surface area contributed by atoms with E-state index < -0.39 is 15.8 Å². The van der Waals surface area contributed by atoms with Crippen LogP contribution in [-0.2, 0) is 37.4 Å². The first kappa shape index (κ1) is 41.0. The van der Waals surface area contributed by atoms with Crippen LogP contribution in [-0.4, -0.2) is 82.8 Å². The second-order valence-electron chi connectivity index (χ2n) is 16.5. The predicted molar refractivity (Wildman–Crippen MR) is 225 cm³/mol. The maximum atomic E-state index is 16.1. The lowest BCUT2D eigenvalue weighted by Crippen LogP contribution is -2.43. The van der Waals surface area contributed by atoms with Gasteiger partial charge in [-0.05, 0) is 98.6 Å². The van der Waals surface area contributed by atoms with Crippen LogP contribution in [0.25, 0.3) is 21.8 Å². The van der Waals surface area contributed by atoms with Gasteiger partial charge in [0.25, 0.3) is 0 Å². The molecule has 1 aliphatic carbocycles. The molecule has 2 aromatic carbocycles. The number of fused-ring (bicyclic) bond motifs is 1. The number of sulfonamides is 1. The van der Waals surface area contributed by atoms with Gasteiger partial charge in [-0.1, -0.05) is 31.2 Å². The van der Waals surface area contributed by atoms with E-state index in [1.807, 2.05) is 4.90 Å². The largest absolute Gasteiger partial charge is 0.368 e. The Kier molecular flexibility index (Phi) is 12.1. The molecule has 1 saturated carbocycles. The average molecular weight is 843 g/mol. The number of benzene rings is 2. The van der Waals surface area contributed by atoms with Crippen molar-refractivity contribution in [2.24, 2.45) is 11.8 Å². The lowest BCUT2D eigenvalue weighted by Gasteiger charge is -2.37. The molecule has 4 aromatic rings. The van der Waals surface area contributed by atoms with Gasteiger partial charge in [0.1, 0.15) is 0 Å². The van der Waals surface area contributed by atoms with Crippen LogP contribution in [0.4, 0.5) is 16.0 Å². The number of nitrogens with two attached hydrogens (primary N) is 1. The monoisotopic (exact) mass is 842 g/mol. The molecule has 312 valence electrons. The normalized spacial score (nSPS) is 21.9. The molecule has 13 nitrogen and oxygen atoms in total. The molecule has 0 bridgehead atoms. The van der Waals surface area contributed by atoms with Gasteiger partial charge in [0.2, 0.25) is 33.7 Å². The lowest BCUT2D eigenvalue weighted by molar-refractivity contribution is -0.138. The molecule has 3 amide bonds. The van der Waals surface area contributed by atoms with Crippen molar-refractivity contribution in [3.05, 3.63) is 76.2 Å². The molecule has 1 atom stereocenters. The Bertz CT molecular complexity index is 2340. The van der Waals surface area contributed by atoms with Gasteiger partial charge in [-0.2, -0.15) is 0 Å². The van der Waals surface area contributed by atoms with Crippen molar-refractivity contribution in [2.45, 2.75) is 89.5 Å². The van der Waals surface area contributed by atoms with E-state index in [9.17, 15) is 22.8 Å². The van der Waals surface area contributed by atoms with Crippen molar-refractivity contribution >= 4 is 50.7 Å². The van der Waals surface area contributed by atoms with Gasteiger partial charge >= 0.3 is 0 Å². The zero-order valence-electron chi connectivity index (χ0n) is 33.3. The van der Waals surface area contributed by atoms with Gasteiger partial charge in [0.15, 0.2) is 5.82 Å². The number of amides is 3. The molecule has 0 unspecified atom stereocenters. The molecular weight excluding hydrogens is 792 g/mol. The van der Waals surface area contributed by atoms with Crippen LogP contribution in [0.15, 0.2) is 48.7 Å². The highest BCUT2D eigenvalue weighted by Crippen LogP contribution is 2.43. The van der Waals surface area contributed by atoms with Gasteiger partial charge in [0.05, 0.1) is 38.6 Å². The van der Waals surface area contributed by atoms with Gasteiger partial charge in [0, 0.05) is 62.7 Å². The average Bonchev–Trinajstić information content (AvgIpc) is 3.67. The number of carbonyl (C=O) groups excluding carboxylic acids is 3. The molecule has 4 aliphatic rings. The topological polar surface area (TPSA) is 181 Å². The number of anilines is 2. The summed E-state index contributed by atoms with van der Waals surface area (Å²) >= 11 is 1.42. The molecule has 2 aromatic heterocycles. The molecule has 3 aliphatic heterocycles. The van der Waals surface area contributed by atoms with E-state index in [1.54, 1.807) is 31.3 Å². The third kappa shape index (κ3) is 9.19. The number of thiazole rings is 1. The number of nitrogens with one attached hydrogen (secondary N) is 2. The Labute approximate surface area is 348 Å². The second kappa shape index (κ2) is 17.4. The molecule has 0 radical (unpaired) electrons. The van der Waals surface area contributed by atoms with Crippen LogP contribution < -0.4 is 15.8 Å². The molecule has 3 fully saturated rings. The number of hydrogen-bond donors (Lipinski definition) is 3. The zero-order chi connectivity index (χ0) is 41.3. The number of hydrogen-bond acceptors (Lipinski definition) is 11. The summed E-state index contributed by atoms with van der Waals surface area (Å²) in [7, 11) is -3.73. The molecule has 16 heteroatoms.